The summed E-state index contributed by atoms with van der Waals surface area (Å²) in [5, 5.41) is 2.93. The Labute approximate surface area is 132 Å². The Bertz CT molecular complexity index is 479. The maximum Gasteiger partial charge on any atom is 0.275 e. The molecule has 5 nitrogen and oxygen atoms in total. The Balaban J connectivity index is 1.64. The minimum absolute atomic E-state index is 0.104. The standard InChI is InChI=1S/C17H26N2O3/c1-14-6-5-10-19(12-14)13-17(20)18-9-11-22-16-8-4-3-7-15(16)21-2/h3-4,7-8,14H,5-6,9-13H2,1-2H3,(H,18,20)/p+1/t14-/m0/s1. The lowest BCUT2D eigenvalue weighted by Gasteiger charge is -2.27. The van der Waals surface area contributed by atoms with E-state index in [1.165, 1.54) is 17.7 Å². The molecule has 2 N–H and O–H groups in total. The quantitative estimate of drug-likeness (QED) is 0.722. The highest BCUT2D eigenvalue weighted by Crippen LogP contribution is 2.25. The van der Waals surface area contributed by atoms with Crippen LogP contribution in [-0.4, -0.2) is 45.8 Å². The third-order valence-corrected chi connectivity index (χ3v) is 4.03. The minimum atomic E-state index is 0.104. The van der Waals surface area contributed by atoms with E-state index in [1.54, 1.807) is 7.11 Å². The van der Waals surface area contributed by atoms with E-state index < -0.39 is 0 Å². The highest BCUT2D eigenvalue weighted by molar-refractivity contribution is 5.76. The van der Waals surface area contributed by atoms with Crippen LogP contribution in [0.1, 0.15) is 19.8 Å². The van der Waals surface area contributed by atoms with Gasteiger partial charge in [0.1, 0.15) is 6.61 Å². The van der Waals surface area contributed by atoms with Crippen molar-refractivity contribution in [3.63, 3.8) is 0 Å². The molecule has 2 rings (SSSR count). The average Bonchev–Trinajstić information content (AvgIpc) is 2.52. The molecule has 1 amide bonds. The number of likely N-dealkylation sites (tertiary alicyclic amines) is 1. The van der Waals surface area contributed by atoms with Crippen molar-refractivity contribution in [1.82, 2.24) is 5.32 Å². The Morgan fingerprint density at radius 1 is 1.36 bits per heavy atom. The van der Waals surface area contributed by atoms with Crippen molar-refractivity contribution >= 4 is 5.91 Å². The van der Waals surface area contributed by atoms with Crippen LogP contribution < -0.4 is 19.7 Å². The molecule has 1 aliphatic rings. The van der Waals surface area contributed by atoms with E-state index >= 15 is 0 Å². The Hall–Kier alpha value is -1.75. The SMILES string of the molecule is COc1ccccc1OCCNC(=O)C[NH+]1CCC[C@H](C)C1. The molecule has 0 saturated carbocycles. The third-order valence-electron chi connectivity index (χ3n) is 4.03. The molecule has 122 valence electrons. The van der Waals surface area contributed by atoms with Crippen LogP contribution in [0.4, 0.5) is 0 Å². The number of carbonyl (C=O) groups is 1. The van der Waals surface area contributed by atoms with Gasteiger partial charge in [0.15, 0.2) is 18.0 Å². The van der Waals surface area contributed by atoms with Crippen LogP contribution in [0.3, 0.4) is 0 Å². The largest absolute Gasteiger partial charge is 0.493 e. The number of rotatable bonds is 7. The van der Waals surface area contributed by atoms with Gasteiger partial charge in [0.05, 0.1) is 26.7 Å². The highest BCUT2D eigenvalue weighted by Gasteiger charge is 2.21. The molecule has 1 unspecified atom stereocenters. The van der Waals surface area contributed by atoms with Crippen LogP contribution in [-0.2, 0) is 4.79 Å². The van der Waals surface area contributed by atoms with E-state index in [4.69, 9.17) is 9.47 Å². The van der Waals surface area contributed by atoms with Crippen LogP contribution in [0.2, 0.25) is 0 Å². The first kappa shape index (κ1) is 16.6. The molecule has 0 bridgehead atoms. The first-order valence-corrected chi connectivity index (χ1v) is 8.05. The molecule has 0 aliphatic carbocycles. The molecule has 1 heterocycles. The van der Waals surface area contributed by atoms with Crippen molar-refractivity contribution in [2.24, 2.45) is 5.92 Å². The number of para-hydroxylation sites is 2. The summed E-state index contributed by atoms with van der Waals surface area (Å²) in [6.07, 6.45) is 2.51. The summed E-state index contributed by atoms with van der Waals surface area (Å²) < 4.78 is 10.9. The highest BCUT2D eigenvalue weighted by atomic mass is 16.5. The fraction of sp³-hybridized carbons (Fsp3) is 0.588. The van der Waals surface area contributed by atoms with Crippen molar-refractivity contribution in [1.29, 1.82) is 0 Å². The summed E-state index contributed by atoms with van der Waals surface area (Å²) in [5.74, 6) is 2.24. The lowest BCUT2D eigenvalue weighted by atomic mass is 10.0. The molecule has 0 aromatic heterocycles. The number of hydrogen-bond donors (Lipinski definition) is 2. The van der Waals surface area contributed by atoms with Gasteiger partial charge in [-0.05, 0) is 25.0 Å². The summed E-state index contributed by atoms with van der Waals surface area (Å²) in [4.78, 5) is 13.3. The number of benzene rings is 1. The second-order valence-corrected chi connectivity index (χ2v) is 5.98. The van der Waals surface area contributed by atoms with E-state index in [0.29, 0.717) is 31.2 Å². The topological polar surface area (TPSA) is 52.0 Å². The maximum atomic E-state index is 11.9. The average molecular weight is 307 g/mol. The second kappa shape index (κ2) is 8.63. The van der Waals surface area contributed by atoms with E-state index in [2.05, 4.69) is 12.2 Å². The van der Waals surface area contributed by atoms with Crippen LogP contribution in [0.5, 0.6) is 11.5 Å². The smallest absolute Gasteiger partial charge is 0.275 e. The number of nitrogens with one attached hydrogen (secondary N) is 2. The molecule has 1 aromatic rings. The normalized spacial score (nSPS) is 21.2. The van der Waals surface area contributed by atoms with Crippen LogP contribution >= 0.6 is 0 Å². The Kier molecular flexibility index (Phi) is 6.52. The van der Waals surface area contributed by atoms with E-state index in [-0.39, 0.29) is 5.91 Å². The van der Waals surface area contributed by atoms with Gasteiger partial charge in [-0.1, -0.05) is 19.1 Å². The second-order valence-electron chi connectivity index (χ2n) is 5.98. The zero-order valence-corrected chi connectivity index (χ0v) is 13.6. The lowest BCUT2D eigenvalue weighted by molar-refractivity contribution is -0.900. The minimum Gasteiger partial charge on any atom is -0.493 e. The van der Waals surface area contributed by atoms with Gasteiger partial charge in [0.25, 0.3) is 5.91 Å². The monoisotopic (exact) mass is 307 g/mol. The van der Waals surface area contributed by atoms with Crippen molar-refractivity contribution < 1.29 is 19.2 Å². The number of amides is 1. The zero-order valence-electron chi connectivity index (χ0n) is 13.6. The number of hydrogen-bond acceptors (Lipinski definition) is 3. The summed E-state index contributed by atoms with van der Waals surface area (Å²) in [6, 6.07) is 7.52. The van der Waals surface area contributed by atoms with Crippen molar-refractivity contribution in [3.8, 4) is 11.5 Å². The summed E-state index contributed by atoms with van der Waals surface area (Å²) in [5.41, 5.74) is 0. The Morgan fingerprint density at radius 2 is 2.14 bits per heavy atom. The molecule has 1 fully saturated rings. The summed E-state index contributed by atoms with van der Waals surface area (Å²) >= 11 is 0. The molecule has 1 aliphatic heterocycles. The molecular formula is C17H27N2O3+. The Morgan fingerprint density at radius 3 is 2.86 bits per heavy atom. The summed E-state index contributed by atoms with van der Waals surface area (Å²) in [6.45, 7) is 6.00. The van der Waals surface area contributed by atoms with Gasteiger partial charge in [0.2, 0.25) is 0 Å². The molecule has 22 heavy (non-hydrogen) atoms. The van der Waals surface area contributed by atoms with Crippen LogP contribution in [0.15, 0.2) is 24.3 Å². The van der Waals surface area contributed by atoms with Gasteiger partial charge in [0, 0.05) is 5.92 Å². The molecule has 0 radical (unpaired) electrons. The third kappa shape index (κ3) is 5.22. The molecule has 1 saturated heterocycles. The molecule has 0 spiro atoms. The van der Waals surface area contributed by atoms with Gasteiger partial charge in [-0.3, -0.25) is 4.79 Å². The number of carbonyl (C=O) groups excluding carboxylic acids is 1. The van der Waals surface area contributed by atoms with Gasteiger partial charge >= 0.3 is 0 Å². The summed E-state index contributed by atoms with van der Waals surface area (Å²) in [7, 11) is 1.62. The fourth-order valence-electron chi connectivity index (χ4n) is 2.94. The fourth-order valence-corrected chi connectivity index (χ4v) is 2.94. The van der Waals surface area contributed by atoms with E-state index in [1.807, 2.05) is 24.3 Å². The van der Waals surface area contributed by atoms with Gasteiger partial charge < -0.3 is 19.7 Å². The van der Waals surface area contributed by atoms with Gasteiger partial charge in [-0.25, -0.2) is 0 Å². The number of quaternary nitrogens is 1. The van der Waals surface area contributed by atoms with E-state index in [0.717, 1.165) is 19.0 Å². The predicted molar refractivity (Wildman–Crippen MR) is 85.5 cm³/mol. The molecule has 5 heteroatoms. The van der Waals surface area contributed by atoms with Crippen LogP contribution in [0, 0.1) is 5.92 Å². The van der Waals surface area contributed by atoms with Crippen molar-refractivity contribution in [3.05, 3.63) is 24.3 Å². The number of methoxy groups -OCH3 is 1. The first-order valence-electron chi connectivity index (χ1n) is 8.05. The molecular weight excluding hydrogens is 280 g/mol. The van der Waals surface area contributed by atoms with Gasteiger partial charge in [-0.15, -0.1) is 0 Å². The van der Waals surface area contributed by atoms with Crippen LogP contribution in [0.25, 0.3) is 0 Å². The van der Waals surface area contributed by atoms with E-state index in [9.17, 15) is 4.79 Å². The molecule has 2 atom stereocenters. The molecule has 1 aromatic carbocycles. The van der Waals surface area contributed by atoms with Gasteiger partial charge in [-0.2, -0.15) is 0 Å². The zero-order chi connectivity index (χ0) is 15.8. The van der Waals surface area contributed by atoms with Crippen molar-refractivity contribution in [2.45, 2.75) is 19.8 Å². The number of piperidine rings is 1. The maximum absolute atomic E-state index is 11.9. The lowest BCUT2D eigenvalue weighted by Crippen LogP contribution is -3.14. The van der Waals surface area contributed by atoms with Crippen molar-refractivity contribution in [2.75, 3.05) is 39.9 Å². The number of ether oxygens (including phenoxy) is 2. The predicted octanol–water partition coefficient (Wildman–Crippen LogP) is 0.505. The first-order chi connectivity index (χ1) is 10.7.